The summed E-state index contributed by atoms with van der Waals surface area (Å²) < 4.78 is 0.938. The number of amides is 1. The number of nitrogens with zero attached hydrogens (tertiary/aromatic N) is 1. The summed E-state index contributed by atoms with van der Waals surface area (Å²) in [6.07, 6.45) is 1.02. The molecule has 0 saturated carbocycles. The van der Waals surface area contributed by atoms with E-state index in [4.69, 9.17) is 0 Å². The number of hydrogen-bond donors (Lipinski definition) is 1. The SMILES string of the molecule is O=C(c1ccc(Br)cc1S)N1CCC(c2ccccc2)C1. The van der Waals surface area contributed by atoms with E-state index in [2.05, 4.69) is 52.8 Å². The molecule has 1 fully saturated rings. The molecule has 0 radical (unpaired) electrons. The summed E-state index contributed by atoms with van der Waals surface area (Å²) in [7, 11) is 0. The molecule has 4 heteroatoms. The molecule has 0 aliphatic carbocycles. The third-order valence-electron chi connectivity index (χ3n) is 3.94. The van der Waals surface area contributed by atoms with E-state index in [1.807, 2.05) is 29.2 Å². The molecule has 0 N–H and O–H groups in total. The number of rotatable bonds is 2. The number of hydrogen-bond acceptors (Lipinski definition) is 2. The fourth-order valence-electron chi connectivity index (χ4n) is 2.80. The van der Waals surface area contributed by atoms with Crippen molar-refractivity contribution >= 4 is 34.5 Å². The van der Waals surface area contributed by atoms with Crippen LogP contribution in [0.4, 0.5) is 0 Å². The van der Waals surface area contributed by atoms with E-state index >= 15 is 0 Å². The van der Waals surface area contributed by atoms with Gasteiger partial charge in [0, 0.05) is 28.4 Å². The maximum absolute atomic E-state index is 12.6. The van der Waals surface area contributed by atoms with Crippen LogP contribution in [0.15, 0.2) is 57.9 Å². The summed E-state index contributed by atoms with van der Waals surface area (Å²) in [6.45, 7) is 1.59. The molecule has 0 bridgehead atoms. The Bertz CT molecular complexity index is 659. The minimum atomic E-state index is 0.0749. The van der Waals surface area contributed by atoms with Crippen LogP contribution in [0.3, 0.4) is 0 Å². The zero-order chi connectivity index (χ0) is 14.8. The van der Waals surface area contributed by atoms with Gasteiger partial charge in [-0.25, -0.2) is 0 Å². The van der Waals surface area contributed by atoms with Crippen LogP contribution < -0.4 is 0 Å². The topological polar surface area (TPSA) is 20.3 Å². The maximum atomic E-state index is 12.6. The van der Waals surface area contributed by atoms with Crippen molar-refractivity contribution in [2.45, 2.75) is 17.2 Å². The number of likely N-dealkylation sites (tertiary alicyclic amines) is 1. The highest BCUT2D eigenvalue weighted by atomic mass is 79.9. The summed E-state index contributed by atoms with van der Waals surface area (Å²) in [4.78, 5) is 15.3. The molecule has 108 valence electrons. The molecular formula is C17H16BrNOS. The van der Waals surface area contributed by atoms with Crippen molar-refractivity contribution in [2.75, 3.05) is 13.1 Å². The molecule has 1 heterocycles. The Morgan fingerprint density at radius 1 is 1.19 bits per heavy atom. The van der Waals surface area contributed by atoms with Gasteiger partial charge in [-0.3, -0.25) is 4.79 Å². The van der Waals surface area contributed by atoms with Crippen LogP contribution in [-0.4, -0.2) is 23.9 Å². The van der Waals surface area contributed by atoms with Crippen LogP contribution in [0.2, 0.25) is 0 Å². The number of benzene rings is 2. The van der Waals surface area contributed by atoms with E-state index < -0.39 is 0 Å². The molecule has 1 unspecified atom stereocenters. The maximum Gasteiger partial charge on any atom is 0.255 e. The number of carbonyl (C=O) groups excluding carboxylic acids is 1. The van der Waals surface area contributed by atoms with Crippen molar-refractivity contribution in [3.05, 3.63) is 64.1 Å². The Kier molecular flexibility index (Phi) is 4.36. The standard InChI is InChI=1S/C17H16BrNOS/c18-14-6-7-15(16(21)10-14)17(20)19-9-8-13(11-19)12-4-2-1-3-5-12/h1-7,10,13,21H,8-9,11H2. The van der Waals surface area contributed by atoms with Gasteiger partial charge in [0.05, 0.1) is 5.56 Å². The van der Waals surface area contributed by atoms with Gasteiger partial charge in [-0.1, -0.05) is 46.3 Å². The van der Waals surface area contributed by atoms with Crippen molar-refractivity contribution in [3.8, 4) is 0 Å². The van der Waals surface area contributed by atoms with Crippen LogP contribution in [0.5, 0.6) is 0 Å². The number of thiol groups is 1. The average Bonchev–Trinajstić information content (AvgIpc) is 2.97. The van der Waals surface area contributed by atoms with Crippen molar-refractivity contribution in [3.63, 3.8) is 0 Å². The third-order valence-corrected chi connectivity index (χ3v) is 4.80. The second-order valence-corrected chi connectivity index (χ2v) is 6.71. The molecule has 0 spiro atoms. The van der Waals surface area contributed by atoms with Gasteiger partial charge in [-0.2, -0.15) is 0 Å². The lowest BCUT2D eigenvalue weighted by Crippen LogP contribution is -2.28. The molecule has 1 saturated heterocycles. The van der Waals surface area contributed by atoms with Crippen LogP contribution in [0, 0.1) is 0 Å². The molecule has 1 aliphatic heterocycles. The monoisotopic (exact) mass is 361 g/mol. The average molecular weight is 362 g/mol. The quantitative estimate of drug-likeness (QED) is 0.787. The lowest BCUT2D eigenvalue weighted by Gasteiger charge is -2.18. The lowest BCUT2D eigenvalue weighted by atomic mass is 9.99. The first kappa shape index (κ1) is 14.7. The van der Waals surface area contributed by atoms with E-state index in [0.717, 1.165) is 28.9 Å². The summed E-state index contributed by atoms with van der Waals surface area (Å²) in [6, 6.07) is 16.0. The molecular weight excluding hydrogens is 346 g/mol. The summed E-state index contributed by atoms with van der Waals surface area (Å²) in [5.41, 5.74) is 1.99. The van der Waals surface area contributed by atoms with Gasteiger partial charge in [0.15, 0.2) is 0 Å². The summed E-state index contributed by atoms with van der Waals surface area (Å²) in [5.74, 6) is 0.514. The molecule has 0 aromatic heterocycles. The highest BCUT2D eigenvalue weighted by molar-refractivity contribution is 9.10. The Morgan fingerprint density at radius 3 is 2.67 bits per heavy atom. The normalized spacial score (nSPS) is 18.0. The van der Waals surface area contributed by atoms with Gasteiger partial charge in [-0.15, -0.1) is 12.6 Å². The lowest BCUT2D eigenvalue weighted by molar-refractivity contribution is 0.0787. The van der Waals surface area contributed by atoms with Crippen molar-refractivity contribution in [1.29, 1.82) is 0 Å². The summed E-state index contributed by atoms with van der Waals surface area (Å²) in [5, 5.41) is 0. The van der Waals surface area contributed by atoms with Crippen molar-refractivity contribution in [1.82, 2.24) is 4.90 Å². The Labute approximate surface area is 138 Å². The Balaban J connectivity index is 1.75. The minimum Gasteiger partial charge on any atom is -0.338 e. The first-order valence-corrected chi connectivity index (χ1v) is 8.22. The van der Waals surface area contributed by atoms with Gasteiger partial charge >= 0.3 is 0 Å². The second-order valence-electron chi connectivity index (χ2n) is 5.31. The predicted molar refractivity (Wildman–Crippen MR) is 91.1 cm³/mol. The molecule has 1 atom stereocenters. The molecule has 21 heavy (non-hydrogen) atoms. The van der Waals surface area contributed by atoms with Crippen LogP contribution >= 0.6 is 28.6 Å². The highest BCUT2D eigenvalue weighted by Crippen LogP contribution is 2.29. The van der Waals surface area contributed by atoms with E-state index in [9.17, 15) is 4.79 Å². The number of halogens is 1. The second kappa shape index (κ2) is 6.24. The molecule has 3 rings (SSSR count). The van der Waals surface area contributed by atoms with Gasteiger partial charge in [0.2, 0.25) is 0 Å². The van der Waals surface area contributed by atoms with Crippen molar-refractivity contribution < 1.29 is 4.79 Å². The third kappa shape index (κ3) is 3.16. The van der Waals surface area contributed by atoms with Gasteiger partial charge in [0.25, 0.3) is 5.91 Å². The summed E-state index contributed by atoms with van der Waals surface area (Å²) >= 11 is 7.81. The molecule has 2 aromatic rings. The van der Waals surface area contributed by atoms with E-state index in [0.29, 0.717) is 11.5 Å². The van der Waals surface area contributed by atoms with Crippen molar-refractivity contribution in [2.24, 2.45) is 0 Å². The fourth-order valence-corrected chi connectivity index (χ4v) is 3.65. The predicted octanol–water partition coefficient (Wildman–Crippen LogP) is 4.37. The molecule has 2 nitrogen and oxygen atoms in total. The first-order chi connectivity index (χ1) is 10.1. The molecule has 2 aromatic carbocycles. The smallest absolute Gasteiger partial charge is 0.255 e. The van der Waals surface area contributed by atoms with E-state index in [-0.39, 0.29) is 5.91 Å². The van der Waals surface area contributed by atoms with E-state index in [1.54, 1.807) is 0 Å². The van der Waals surface area contributed by atoms with Crippen LogP contribution in [0.25, 0.3) is 0 Å². The van der Waals surface area contributed by atoms with Crippen LogP contribution in [0.1, 0.15) is 28.3 Å². The highest BCUT2D eigenvalue weighted by Gasteiger charge is 2.28. The fraction of sp³-hybridized carbons (Fsp3) is 0.235. The van der Waals surface area contributed by atoms with Gasteiger partial charge < -0.3 is 4.90 Å². The van der Waals surface area contributed by atoms with Gasteiger partial charge in [-0.05, 0) is 30.2 Å². The Morgan fingerprint density at radius 2 is 1.95 bits per heavy atom. The largest absolute Gasteiger partial charge is 0.338 e. The van der Waals surface area contributed by atoms with Gasteiger partial charge in [0.1, 0.15) is 0 Å². The molecule has 1 amide bonds. The van der Waals surface area contributed by atoms with Crippen LogP contribution in [-0.2, 0) is 0 Å². The zero-order valence-corrected chi connectivity index (χ0v) is 14.0. The van der Waals surface area contributed by atoms with E-state index in [1.165, 1.54) is 5.56 Å². The Hall–Kier alpha value is -1.26. The minimum absolute atomic E-state index is 0.0749. The number of carbonyl (C=O) groups is 1. The zero-order valence-electron chi connectivity index (χ0n) is 11.5. The molecule has 1 aliphatic rings. The first-order valence-electron chi connectivity index (χ1n) is 6.98.